The van der Waals surface area contributed by atoms with Crippen LogP contribution in [0.25, 0.3) is 6.08 Å². The number of hydrogen-bond acceptors (Lipinski definition) is 3. The van der Waals surface area contributed by atoms with Gasteiger partial charge in [0.05, 0.1) is 5.69 Å². The van der Waals surface area contributed by atoms with E-state index in [1.54, 1.807) is 24.5 Å². The van der Waals surface area contributed by atoms with Gasteiger partial charge in [0.25, 0.3) is 0 Å². The normalized spacial score (nSPS) is 10.7. The van der Waals surface area contributed by atoms with Crippen LogP contribution in [-0.4, -0.2) is 10.9 Å². The molecule has 0 saturated heterocycles. The predicted octanol–water partition coefficient (Wildman–Crippen LogP) is 2.13. The highest BCUT2D eigenvalue weighted by Gasteiger charge is 1.99. The van der Waals surface area contributed by atoms with E-state index in [1.807, 2.05) is 12.1 Å². The molecule has 5 heteroatoms. The SMILES string of the molecule is Nc1cc(/C=C/C(=O)NCc2ccncc2)ccc1F. The monoisotopic (exact) mass is 271 g/mol. The van der Waals surface area contributed by atoms with E-state index in [-0.39, 0.29) is 11.6 Å². The maximum Gasteiger partial charge on any atom is 0.244 e. The second-order valence-electron chi connectivity index (χ2n) is 4.19. The van der Waals surface area contributed by atoms with Crippen LogP contribution in [0.4, 0.5) is 10.1 Å². The Hall–Kier alpha value is -2.69. The van der Waals surface area contributed by atoms with Crippen LogP contribution in [-0.2, 0) is 11.3 Å². The van der Waals surface area contributed by atoms with Gasteiger partial charge in [-0.3, -0.25) is 9.78 Å². The molecular formula is C15H14FN3O. The van der Waals surface area contributed by atoms with Gasteiger partial charge in [0.1, 0.15) is 5.82 Å². The number of carbonyl (C=O) groups is 1. The lowest BCUT2D eigenvalue weighted by molar-refractivity contribution is -0.116. The highest BCUT2D eigenvalue weighted by molar-refractivity contribution is 5.91. The molecule has 0 unspecified atom stereocenters. The molecule has 2 aromatic rings. The summed E-state index contributed by atoms with van der Waals surface area (Å²) < 4.78 is 13.0. The number of nitrogens with two attached hydrogens (primary N) is 1. The van der Waals surface area contributed by atoms with Crippen molar-refractivity contribution < 1.29 is 9.18 Å². The van der Waals surface area contributed by atoms with Gasteiger partial charge in [-0.25, -0.2) is 4.39 Å². The standard InChI is InChI=1S/C15H14FN3O/c16-13-3-1-11(9-14(13)17)2-4-15(20)19-10-12-5-7-18-8-6-12/h1-9H,10,17H2,(H,19,20)/b4-2+. The summed E-state index contributed by atoms with van der Waals surface area (Å²) in [6.07, 6.45) is 6.29. The third-order valence-corrected chi connectivity index (χ3v) is 2.66. The van der Waals surface area contributed by atoms with Crippen molar-refractivity contribution in [1.29, 1.82) is 0 Å². The van der Waals surface area contributed by atoms with E-state index in [0.717, 1.165) is 5.56 Å². The van der Waals surface area contributed by atoms with E-state index in [1.165, 1.54) is 18.2 Å². The van der Waals surface area contributed by atoms with Crippen molar-refractivity contribution in [2.45, 2.75) is 6.54 Å². The van der Waals surface area contributed by atoms with Crippen molar-refractivity contribution in [3.63, 3.8) is 0 Å². The summed E-state index contributed by atoms with van der Waals surface area (Å²) in [5.41, 5.74) is 7.14. The number of nitrogens with zero attached hydrogens (tertiary/aromatic N) is 1. The zero-order chi connectivity index (χ0) is 14.4. The van der Waals surface area contributed by atoms with Crippen LogP contribution >= 0.6 is 0 Å². The first-order valence-electron chi connectivity index (χ1n) is 6.05. The summed E-state index contributed by atoms with van der Waals surface area (Å²) in [5.74, 6) is -0.700. The first-order chi connectivity index (χ1) is 9.65. The second kappa shape index (κ2) is 6.47. The van der Waals surface area contributed by atoms with Gasteiger partial charge in [0.2, 0.25) is 5.91 Å². The molecule has 0 aliphatic rings. The van der Waals surface area contributed by atoms with Gasteiger partial charge in [-0.1, -0.05) is 6.07 Å². The van der Waals surface area contributed by atoms with Crippen molar-refractivity contribution in [1.82, 2.24) is 10.3 Å². The summed E-state index contributed by atoms with van der Waals surface area (Å²) in [7, 11) is 0. The first kappa shape index (κ1) is 13.7. The van der Waals surface area contributed by atoms with E-state index in [0.29, 0.717) is 12.1 Å². The second-order valence-corrected chi connectivity index (χ2v) is 4.19. The average Bonchev–Trinajstić information content (AvgIpc) is 2.47. The van der Waals surface area contributed by atoms with Crippen LogP contribution in [0.15, 0.2) is 48.8 Å². The Labute approximate surface area is 116 Å². The molecular weight excluding hydrogens is 257 g/mol. The molecule has 3 N–H and O–H groups in total. The summed E-state index contributed by atoms with van der Waals surface area (Å²) in [5, 5.41) is 2.74. The molecule has 1 aromatic carbocycles. The number of benzene rings is 1. The molecule has 102 valence electrons. The molecule has 0 aliphatic carbocycles. The summed E-state index contributed by atoms with van der Waals surface area (Å²) in [4.78, 5) is 15.5. The maximum atomic E-state index is 13.0. The highest BCUT2D eigenvalue weighted by atomic mass is 19.1. The molecule has 2 rings (SSSR count). The first-order valence-corrected chi connectivity index (χ1v) is 6.05. The Bertz CT molecular complexity index is 626. The Morgan fingerprint density at radius 1 is 1.30 bits per heavy atom. The fourth-order valence-corrected chi connectivity index (χ4v) is 1.59. The number of aromatic nitrogens is 1. The van der Waals surface area contributed by atoms with Gasteiger partial charge in [0, 0.05) is 25.0 Å². The number of pyridine rings is 1. The molecule has 0 saturated carbocycles. The number of hydrogen-bond donors (Lipinski definition) is 2. The van der Waals surface area contributed by atoms with Crippen molar-refractivity contribution in [3.8, 4) is 0 Å². The average molecular weight is 271 g/mol. The van der Waals surface area contributed by atoms with Crippen LogP contribution in [0.5, 0.6) is 0 Å². The van der Waals surface area contributed by atoms with Gasteiger partial charge in [-0.05, 0) is 41.5 Å². The Morgan fingerprint density at radius 2 is 2.05 bits per heavy atom. The molecule has 0 spiro atoms. The maximum absolute atomic E-state index is 13.0. The van der Waals surface area contributed by atoms with E-state index in [4.69, 9.17) is 5.73 Å². The molecule has 0 bridgehead atoms. The minimum atomic E-state index is -0.468. The summed E-state index contributed by atoms with van der Waals surface area (Å²) in [6.45, 7) is 0.428. The number of carbonyl (C=O) groups excluding carboxylic acids is 1. The predicted molar refractivity (Wildman–Crippen MR) is 75.9 cm³/mol. The van der Waals surface area contributed by atoms with Crippen LogP contribution in [0.3, 0.4) is 0 Å². The van der Waals surface area contributed by atoms with E-state index < -0.39 is 5.82 Å². The van der Waals surface area contributed by atoms with E-state index in [2.05, 4.69) is 10.3 Å². The molecule has 0 atom stereocenters. The number of anilines is 1. The molecule has 20 heavy (non-hydrogen) atoms. The topological polar surface area (TPSA) is 68.0 Å². The summed E-state index contributed by atoms with van der Waals surface area (Å²) in [6, 6.07) is 7.94. The number of nitrogens with one attached hydrogen (secondary N) is 1. The van der Waals surface area contributed by atoms with Crippen molar-refractivity contribution in [3.05, 3.63) is 65.7 Å². The van der Waals surface area contributed by atoms with E-state index >= 15 is 0 Å². The van der Waals surface area contributed by atoms with Crippen molar-refractivity contribution >= 4 is 17.7 Å². The zero-order valence-corrected chi connectivity index (χ0v) is 10.7. The quantitative estimate of drug-likeness (QED) is 0.661. The third-order valence-electron chi connectivity index (χ3n) is 2.66. The number of halogens is 1. The molecule has 4 nitrogen and oxygen atoms in total. The Kier molecular flexibility index (Phi) is 4.44. The fraction of sp³-hybridized carbons (Fsp3) is 0.0667. The zero-order valence-electron chi connectivity index (χ0n) is 10.7. The highest BCUT2D eigenvalue weighted by Crippen LogP contribution is 2.13. The van der Waals surface area contributed by atoms with Crippen LogP contribution in [0.2, 0.25) is 0 Å². The van der Waals surface area contributed by atoms with Crippen LogP contribution in [0.1, 0.15) is 11.1 Å². The third kappa shape index (κ3) is 3.91. The number of amides is 1. The molecule has 1 aromatic heterocycles. The van der Waals surface area contributed by atoms with Gasteiger partial charge in [-0.2, -0.15) is 0 Å². The largest absolute Gasteiger partial charge is 0.396 e. The lowest BCUT2D eigenvalue weighted by Gasteiger charge is -2.02. The smallest absolute Gasteiger partial charge is 0.244 e. The molecule has 1 amide bonds. The minimum Gasteiger partial charge on any atom is -0.396 e. The van der Waals surface area contributed by atoms with Gasteiger partial charge in [-0.15, -0.1) is 0 Å². The number of nitrogen functional groups attached to an aromatic ring is 1. The minimum absolute atomic E-state index is 0.0596. The Morgan fingerprint density at radius 3 is 2.75 bits per heavy atom. The van der Waals surface area contributed by atoms with Crippen molar-refractivity contribution in [2.24, 2.45) is 0 Å². The van der Waals surface area contributed by atoms with Gasteiger partial charge < -0.3 is 11.1 Å². The summed E-state index contributed by atoms with van der Waals surface area (Å²) >= 11 is 0. The van der Waals surface area contributed by atoms with Gasteiger partial charge >= 0.3 is 0 Å². The van der Waals surface area contributed by atoms with Gasteiger partial charge in [0.15, 0.2) is 0 Å². The van der Waals surface area contributed by atoms with E-state index in [9.17, 15) is 9.18 Å². The number of rotatable bonds is 4. The van der Waals surface area contributed by atoms with Crippen LogP contribution < -0.4 is 11.1 Å². The molecule has 1 heterocycles. The fourth-order valence-electron chi connectivity index (χ4n) is 1.59. The molecule has 0 fully saturated rings. The Balaban J connectivity index is 1.90. The lowest BCUT2D eigenvalue weighted by atomic mass is 10.2. The van der Waals surface area contributed by atoms with Crippen molar-refractivity contribution in [2.75, 3.05) is 5.73 Å². The molecule has 0 aliphatic heterocycles. The lowest BCUT2D eigenvalue weighted by Crippen LogP contribution is -2.20. The molecule has 0 radical (unpaired) electrons. The van der Waals surface area contributed by atoms with Crippen LogP contribution in [0, 0.1) is 5.82 Å².